The van der Waals surface area contributed by atoms with E-state index in [-0.39, 0.29) is 0 Å². The van der Waals surface area contributed by atoms with Gasteiger partial charge in [0.15, 0.2) is 0 Å². The maximum absolute atomic E-state index is 5.37. The Morgan fingerprint density at radius 1 is 1.35 bits per heavy atom. The van der Waals surface area contributed by atoms with E-state index in [1.807, 2.05) is 7.05 Å². The van der Waals surface area contributed by atoms with Gasteiger partial charge in [0, 0.05) is 25.3 Å². The van der Waals surface area contributed by atoms with Crippen LogP contribution in [0.4, 0.5) is 5.69 Å². The highest BCUT2D eigenvalue weighted by atomic mass is 16.5. The monoisotopic (exact) mass is 270 g/mol. The van der Waals surface area contributed by atoms with Crippen molar-refractivity contribution in [2.75, 3.05) is 51.3 Å². The zero-order valence-corrected chi connectivity index (χ0v) is 12.1. The van der Waals surface area contributed by atoms with E-state index in [4.69, 9.17) is 11.2 Å². The lowest BCUT2D eigenvalue weighted by Gasteiger charge is -2.29. The van der Waals surface area contributed by atoms with Gasteiger partial charge >= 0.3 is 0 Å². The van der Waals surface area contributed by atoms with E-state index in [2.05, 4.69) is 46.6 Å². The fourth-order valence-corrected chi connectivity index (χ4v) is 2.36. The van der Waals surface area contributed by atoms with Crippen molar-refractivity contribution in [1.82, 2.24) is 4.90 Å². The Hall–Kier alpha value is -1.76. The van der Waals surface area contributed by atoms with Gasteiger partial charge in [0.05, 0.1) is 19.8 Å². The number of anilines is 1. The normalized spacial score (nSPS) is 15.2. The van der Waals surface area contributed by atoms with Gasteiger partial charge in [-0.15, -0.1) is 6.42 Å². The number of hydrogen-bond donors (Lipinski definition) is 0. The highest BCUT2D eigenvalue weighted by molar-refractivity contribution is 5.66. The minimum Gasteiger partial charge on any atom is -0.378 e. The molecule has 0 atom stereocenters. The third kappa shape index (κ3) is 3.86. The molecule has 0 radical (unpaired) electrons. The van der Waals surface area contributed by atoms with Gasteiger partial charge < -0.3 is 9.64 Å². The van der Waals surface area contributed by atoms with Crippen LogP contribution in [0.1, 0.15) is 5.56 Å². The molecule has 0 aliphatic carbocycles. The Morgan fingerprint density at radius 2 is 2.00 bits per heavy atom. The van der Waals surface area contributed by atoms with Crippen LogP contribution >= 0.6 is 0 Å². The van der Waals surface area contributed by atoms with E-state index in [1.165, 1.54) is 11.3 Å². The summed E-state index contributed by atoms with van der Waals surface area (Å²) < 4.78 is 5.37. The molecule has 1 saturated heterocycles. The van der Waals surface area contributed by atoms with Crippen LogP contribution in [0.3, 0.4) is 0 Å². The van der Waals surface area contributed by atoms with Crippen LogP contribution in [0.15, 0.2) is 30.8 Å². The molecule has 0 unspecified atom stereocenters. The predicted molar refractivity (Wildman–Crippen MR) is 84.8 cm³/mol. The lowest BCUT2D eigenvalue weighted by atomic mass is 10.1. The number of rotatable bonds is 5. The molecule has 2 rings (SSSR count). The van der Waals surface area contributed by atoms with Gasteiger partial charge in [0.25, 0.3) is 0 Å². The molecule has 106 valence electrons. The average Bonchev–Trinajstić information content (AvgIpc) is 2.48. The van der Waals surface area contributed by atoms with Crippen LogP contribution in [-0.4, -0.2) is 51.3 Å². The quantitative estimate of drug-likeness (QED) is 0.762. The van der Waals surface area contributed by atoms with E-state index in [1.54, 1.807) is 0 Å². The van der Waals surface area contributed by atoms with Crippen molar-refractivity contribution in [2.24, 2.45) is 0 Å². The molecular formula is C17H22N2O. The standard InChI is InChI=1S/C17H22N2O/c1-4-9-18(3)14-15(2)16-5-7-17(8-6-16)19-10-12-20-13-11-19/h1,5-8H,2,9-14H2,3H3. The van der Waals surface area contributed by atoms with Crippen molar-refractivity contribution in [3.05, 3.63) is 36.4 Å². The van der Waals surface area contributed by atoms with Crippen LogP contribution < -0.4 is 4.90 Å². The lowest BCUT2D eigenvalue weighted by molar-refractivity contribution is 0.122. The number of hydrogen-bond acceptors (Lipinski definition) is 3. The van der Waals surface area contributed by atoms with Gasteiger partial charge in [-0.05, 0) is 30.3 Å². The molecule has 1 fully saturated rings. The second-order valence-corrected chi connectivity index (χ2v) is 5.13. The molecule has 1 heterocycles. The Bertz CT molecular complexity index is 481. The molecule has 0 amide bonds. The SMILES string of the molecule is C#CCN(C)CC(=C)c1ccc(N2CCOCC2)cc1. The minimum absolute atomic E-state index is 0.644. The molecule has 1 aromatic rings. The van der Waals surface area contributed by atoms with Crippen molar-refractivity contribution in [2.45, 2.75) is 0 Å². The molecular weight excluding hydrogens is 248 g/mol. The number of benzene rings is 1. The number of morpholine rings is 1. The van der Waals surface area contributed by atoms with Gasteiger partial charge in [0.2, 0.25) is 0 Å². The zero-order valence-electron chi connectivity index (χ0n) is 12.1. The van der Waals surface area contributed by atoms with Crippen molar-refractivity contribution in [3.63, 3.8) is 0 Å². The molecule has 1 aromatic carbocycles. The molecule has 0 aromatic heterocycles. The van der Waals surface area contributed by atoms with Crippen LogP contribution in [0.25, 0.3) is 5.57 Å². The smallest absolute Gasteiger partial charge is 0.0642 e. The van der Waals surface area contributed by atoms with Crippen LogP contribution in [0, 0.1) is 12.3 Å². The fourth-order valence-electron chi connectivity index (χ4n) is 2.36. The predicted octanol–water partition coefficient (Wildman–Crippen LogP) is 2.10. The van der Waals surface area contributed by atoms with E-state index in [0.717, 1.165) is 38.4 Å². The maximum atomic E-state index is 5.37. The second-order valence-electron chi connectivity index (χ2n) is 5.13. The van der Waals surface area contributed by atoms with Crippen LogP contribution in [-0.2, 0) is 4.74 Å². The van der Waals surface area contributed by atoms with Crippen molar-refractivity contribution >= 4 is 11.3 Å². The summed E-state index contributed by atoms with van der Waals surface area (Å²) in [7, 11) is 2.01. The second kappa shape index (κ2) is 7.14. The summed E-state index contributed by atoms with van der Waals surface area (Å²) in [5.41, 5.74) is 3.52. The maximum Gasteiger partial charge on any atom is 0.0642 e. The first-order valence-corrected chi connectivity index (χ1v) is 6.93. The molecule has 1 aliphatic heterocycles. The number of likely N-dealkylation sites (N-methyl/N-ethyl adjacent to an activating group) is 1. The molecule has 20 heavy (non-hydrogen) atoms. The van der Waals surface area contributed by atoms with E-state index >= 15 is 0 Å². The van der Waals surface area contributed by atoms with E-state index < -0.39 is 0 Å². The average molecular weight is 270 g/mol. The lowest BCUT2D eigenvalue weighted by Crippen LogP contribution is -2.36. The molecule has 0 bridgehead atoms. The Kier molecular flexibility index (Phi) is 5.23. The van der Waals surface area contributed by atoms with Gasteiger partial charge in [-0.1, -0.05) is 24.6 Å². The van der Waals surface area contributed by atoms with Crippen LogP contribution in [0.5, 0.6) is 0 Å². The zero-order chi connectivity index (χ0) is 14.4. The molecule has 0 spiro atoms. The van der Waals surface area contributed by atoms with Crippen molar-refractivity contribution in [3.8, 4) is 12.3 Å². The van der Waals surface area contributed by atoms with E-state index in [0.29, 0.717) is 6.54 Å². The third-order valence-corrected chi connectivity index (χ3v) is 3.47. The summed E-state index contributed by atoms with van der Waals surface area (Å²) in [6, 6.07) is 8.59. The number of ether oxygens (including phenoxy) is 1. The Balaban J connectivity index is 1.97. The summed E-state index contributed by atoms with van der Waals surface area (Å²) >= 11 is 0. The fraction of sp³-hybridized carbons (Fsp3) is 0.412. The molecule has 0 N–H and O–H groups in total. The summed E-state index contributed by atoms with van der Waals surface area (Å²) in [6.45, 7) is 9.13. The highest BCUT2D eigenvalue weighted by Crippen LogP contribution is 2.20. The van der Waals surface area contributed by atoms with Crippen LogP contribution in [0.2, 0.25) is 0 Å². The summed E-state index contributed by atoms with van der Waals surface area (Å²) in [5, 5.41) is 0. The molecule has 3 nitrogen and oxygen atoms in total. The molecule has 1 aliphatic rings. The van der Waals surface area contributed by atoms with Gasteiger partial charge in [-0.25, -0.2) is 0 Å². The Labute approximate surface area is 121 Å². The summed E-state index contributed by atoms with van der Waals surface area (Å²) in [5.74, 6) is 2.64. The first-order valence-electron chi connectivity index (χ1n) is 6.93. The first-order chi connectivity index (χ1) is 9.70. The summed E-state index contributed by atoms with van der Waals surface area (Å²) in [6.07, 6.45) is 5.31. The number of terminal acetylenes is 1. The van der Waals surface area contributed by atoms with Gasteiger partial charge in [0.1, 0.15) is 0 Å². The Morgan fingerprint density at radius 3 is 2.60 bits per heavy atom. The molecule has 0 saturated carbocycles. The minimum atomic E-state index is 0.644. The van der Waals surface area contributed by atoms with Crippen molar-refractivity contribution in [1.29, 1.82) is 0 Å². The number of nitrogens with zero attached hydrogens (tertiary/aromatic N) is 2. The van der Waals surface area contributed by atoms with Gasteiger partial charge in [-0.2, -0.15) is 0 Å². The highest BCUT2D eigenvalue weighted by Gasteiger charge is 2.11. The third-order valence-electron chi connectivity index (χ3n) is 3.47. The molecule has 3 heteroatoms. The topological polar surface area (TPSA) is 15.7 Å². The van der Waals surface area contributed by atoms with E-state index in [9.17, 15) is 0 Å². The summed E-state index contributed by atoms with van der Waals surface area (Å²) in [4.78, 5) is 4.43. The van der Waals surface area contributed by atoms with Crippen molar-refractivity contribution < 1.29 is 4.74 Å². The van der Waals surface area contributed by atoms with Gasteiger partial charge in [-0.3, -0.25) is 4.90 Å². The first kappa shape index (κ1) is 14.6. The largest absolute Gasteiger partial charge is 0.378 e.